The molecule has 0 aromatic heterocycles. The first-order valence-corrected chi connectivity index (χ1v) is 5.67. The Morgan fingerprint density at radius 2 is 2.00 bits per heavy atom. The number of unbranched alkanes of at least 4 members (excludes halogenated alkanes) is 2. The Balaban J connectivity index is 3.41. The number of esters is 1. The van der Waals surface area contributed by atoms with Crippen molar-refractivity contribution in [2.75, 3.05) is 13.2 Å². The zero-order valence-electron chi connectivity index (χ0n) is 10.2. The van der Waals surface area contributed by atoms with E-state index < -0.39 is 0 Å². The minimum atomic E-state index is -0.206. The topological polar surface area (TPSA) is 55.4 Å². The molecule has 0 radical (unpaired) electrons. The SMILES string of the molecule is C=C(C)C(=O)NCCOC(=O)CCCCC. The molecule has 0 fully saturated rings. The van der Waals surface area contributed by atoms with Gasteiger partial charge in [0.2, 0.25) is 5.91 Å². The molecule has 0 bridgehead atoms. The Kier molecular flexibility index (Phi) is 8.21. The predicted molar refractivity (Wildman–Crippen MR) is 62.9 cm³/mol. The minimum absolute atomic E-state index is 0.196. The maximum absolute atomic E-state index is 11.1. The van der Waals surface area contributed by atoms with E-state index in [0.717, 1.165) is 19.3 Å². The van der Waals surface area contributed by atoms with Crippen molar-refractivity contribution < 1.29 is 14.3 Å². The lowest BCUT2D eigenvalue weighted by Gasteiger charge is -2.06. The monoisotopic (exact) mass is 227 g/mol. The second-order valence-electron chi connectivity index (χ2n) is 3.71. The van der Waals surface area contributed by atoms with Crippen LogP contribution >= 0.6 is 0 Å². The summed E-state index contributed by atoms with van der Waals surface area (Å²) in [6.45, 7) is 7.78. The number of hydrogen-bond acceptors (Lipinski definition) is 3. The molecule has 4 nitrogen and oxygen atoms in total. The molecule has 0 rings (SSSR count). The van der Waals surface area contributed by atoms with E-state index in [-0.39, 0.29) is 18.5 Å². The van der Waals surface area contributed by atoms with Crippen LogP contribution in [0.5, 0.6) is 0 Å². The molecule has 0 saturated carbocycles. The zero-order valence-corrected chi connectivity index (χ0v) is 10.2. The summed E-state index contributed by atoms with van der Waals surface area (Å²) < 4.78 is 4.94. The van der Waals surface area contributed by atoms with Crippen molar-refractivity contribution in [1.29, 1.82) is 0 Å². The van der Waals surface area contributed by atoms with Gasteiger partial charge in [-0.05, 0) is 13.3 Å². The number of ether oxygens (including phenoxy) is 1. The van der Waals surface area contributed by atoms with Gasteiger partial charge in [-0.25, -0.2) is 0 Å². The highest BCUT2D eigenvalue weighted by atomic mass is 16.5. The van der Waals surface area contributed by atoms with E-state index in [0.29, 0.717) is 18.5 Å². The zero-order chi connectivity index (χ0) is 12.4. The van der Waals surface area contributed by atoms with Crippen LogP contribution in [0.3, 0.4) is 0 Å². The normalized spacial score (nSPS) is 9.62. The van der Waals surface area contributed by atoms with Gasteiger partial charge < -0.3 is 10.1 Å². The van der Waals surface area contributed by atoms with E-state index >= 15 is 0 Å². The lowest BCUT2D eigenvalue weighted by atomic mass is 10.2. The molecule has 0 aliphatic carbocycles. The van der Waals surface area contributed by atoms with Crippen LogP contribution < -0.4 is 5.32 Å². The van der Waals surface area contributed by atoms with Crippen LogP contribution in [0.2, 0.25) is 0 Å². The van der Waals surface area contributed by atoms with Gasteiger partial charge >= 0.3 is 5.97 Å². The van der Waals surface area contributed by atoms with E-state index in [1.54, 1.807) is 6.92 Å². The second-order valence-corrected chi connectivity index (χ2v) is 3.71. The number of nitrogens with one attached hydrogen (secondary N) is 1. The van der Waals surface area contributed by atoms with Gasteiger partial charge in [-0.15, -0.1) is 0 Å². The van der Waals surface area contributed by atoms with Crippen molar-refractivity contribution in [2.45, 2.75) is 39.5 Å². The van der Waals surface area contributed by atoms with Crippen LogP contribution in [0.4, 0.5) is 0 Å². The third kappa shape index (κ3) is 8.03. The lowest BCUT2D eigenvalue weighted by molar-refractivity contribution is -0.144. The summed E-state index contributed by atoms with van der Waals surface area (Å²) in [6.07, 6.45) is 3.46. The van der Waals surface area contributed by atoms with Gasteiger partial charge in [0.15, 0.2) is 0 Å². The van der Waals surface area contributed by atoms with Crippen LogP contribution in [0.15, 0.2) is 12.2 Å². The fourth-order valence-corrected chi connectivity index (χ4v) is 1.07. The predicted octanol–water partition coefficient (Wildman–Crippen LogP) is 1.80. The van der Waals surface area contributed by atoms with Crippen LogP contribution in [-0.4, -0.2) is 25.0 Å². The molecule has 1 N–H and O–H groups in total. The highest BCUT2D eigenvalue weighted by molar-refractivity contribution is 5.92. The maximum atomic E-state index is 11.1. The molecule has 92 valence electrons. The molecule has 0 atom stereocenters. The molecule has 0 spiro atoms. The van der Waals surface area contributed by atoms with Gasteiger partial charge in [-0.1, -0.05) is 26.3 Å². The molecule has 0 aliphatic rings. The summed E-state index contributed by atoms with van der Waals surface area (Å²) in [5.74, 6) is -0.403. The molecular formula is C12H21NO3. The van der Waals surface area contributed by atoms with Crippen LogP contribution in [-0.2, 0) is 14.3 Å². The summed E-state index contributed by atoms with van der Waals surface area (Å²) >= 11 is 0. The molecule has 1 amide bonds. The Morgan fingerprint density at radius 3 is 2.56 bits per heavy atom. The molecule has 0 heterocycles. The van der Waals surface area contributed by atoms with Crippen LogP contribution in [0.1, 0.15) is 39.5 Å². The lowest BCUT2D eigenvalue weighted by Crippen LogP contribution is -2.28. The fourth-order valence-electron chi connectivity index (χ4n) is 1.07. The van der Waals surface area contributed by atoms with Crippen molar-refractivity contribution in [1.82, 2.24) is 5.32 Å². The summed E-state index contributed by atoms with van der Waals surface area (Å²) in [5.41, 5.74) is 0.453. The Bertz CT molecular complexity index is 249. The second kappa shape index (κ2) is 8.95. The van der Waals surface area contributed by atoms with E-state index in [1.807, 2.05) is 0 Å². The first-order valence-electron chi connectivity index (χ1n) is 5.67. The third-order valence-corrected chi connectivity index (χ3v) is 2.02. The fraction of sp³-hybridized carbons (Fsp3) is 0.667. The summed E-state index contributed by atoms with van der Waals surface area (Å²) in [4.78, 5) is 22.2. The Hall–Kier alpha value is -1.32. The average Bonchev–Trinajstić information content (AvgIpc) is 2.24. The molecular weight excluding hydrogens is 206 g/mol. The number of rotatable bonds is 8. The van der Waals surface area contributed by atoms with E-state index in [2.05, 4.69) is 18.8 Å². The van der Waals surface area contributed by atoms with Crippen molar-refractivity contribution in [2.24, 2.45) is 0 Å². The molecule has 0 aromatic carbocycles. The van der Waals surface area contributed by atoms with Crippen molar-refractivity contribution >= 4 is 11.9 Å². The van der Waals surface area contributed by atoms with Crippen LogP contribution in [0.25, 0.3) is 0 Å². The van der Waals surface area contributed by atoms with Gasteiger partial charge in [0.25, 0.3) is 0 Å². The summed E-state index contributed by atoms with van der Waals surface area (Å²) in [7, 11) is 0. The Labute approximate surface area is 97.1 Å². The molecule has 0 aromatic rings. The minimum Gasteiger partial charge on any atom is -0.464 e. The van der Waals surface area contributed by atoms with Gasteiger partial charge in [0, 0.05) is 12.0 Å². The largest absolute Gasteiger partial charge is 0.464 e. The molecule has 0 saturated heterocycles. The van der Waals surface area contributed by atoms with Crippen molar-refractivity contribution in [3.63, 3.8) is 0 Å². The number of amides is 1. The molecule has 0 aliphatic heterocycles. The van der Waals surface area contributed by atoms with Crippen molar-refractivity contribution in [3.8, 4) is 0 Å². The van der Waals surface area contributed by atoms with E-state index in [4.69, 9.17) is 4.74 Å². The molecule has 0 unspecified atom stereocenters. The smallest absolute Gasteiger partial charge is 0.305 e. The quantitative estimate of drug-likeness (QED) is 0.391. The first-order chi connectivity index (χ1) is 7.57. The van der Waals surface area contributed by atoms with Gasteiger partial charge in [-0.2, -0.15) is 0 Å². The Morgan fingerprint density at radius 1 is 1.31 bits per heavy atom. The highest BCUT2D eigenvalue weighted by Gasteiger charge is 2.03. The molecule has 16 heavy (non-hydrogen) atoms. The first kappa shape index (κ1) is 14.7. The summed E-state index contributed by atoms with van der Waals surface area (Å²) in [5, 5.41) is 2.59. The van der Waals surface area contributed by atoms with Gasteiger partial charge in [0.1, 0.15) is 6.61 Å². The van der Waals surface area contributed by atoms with E-state index in [1.165, 1.54) is 0 Å². The summed E-state index contributed by atoms with van der Waals surface area (Å²) in [6, 6.07) is 0. The highest BCUT2D eigenvalue weighted by Crippen LogP contribution is 2.00. The third-order valence-electron chi connectivity index (χ3n) is 2.02. The number of carbonyl (C=O) groups excluding carboxylic acids is 2. The van der Waals surface area contributed by atoms with Crippen molar-refractivity contribution in [3.05, 3.63) is 12.2 Å². The van der Waals surface area contributed by atoms with Gasteiger partial charge in [-0.3, -0.25) is 9.59 Å². The van der Waals surface area contributed by atoms with Crippen LogP contribution in [0, 0.1) is 0 Å². The number of carbonyl (C=O) groups is 2. The van der Waals surface area contributed by atoms with Gasteiger partial charge in [0.05, 0.1) is 6.54 Å². The van der Waals surface area contributed by atoms with E-state index in [9.17, 15) is 9.59 Å². The maximum Gasteiger partial charge on any atom is 0.305 e. The average molecular weight is 227 g/mol. The standard InChI is InChI=1S/C12H21NO3/c1-4-5-6-7-11(14)16-9-8-13-12(15)10(2)3/h2,4-9H2,1,3H3,(H,13,15). The number of hydrogen-bond donors (Lipinski definition) is 1. The molecule has 4 heteroatoms.